The van der Waals surface area contributed by atoms with Crippen LogP contribution in [0.2, 0.25) is 5.02 Å². The summed E-state index contributed by atoms with van der Waals surface area (Å²) in [4.78, 5) is 27.8. The molecule has 0 bridgehead atoms. The molecule has 1 atom stereocenters. The molecule has 6 heteroatoms. The number of hydrogen-bond donors (Lipinski definition) is 1. The number of benzene rings is 2. The molecule has 0 saturated heterocycles. The first kappa shape index (κ1) is 23.7. The molecule has 1 N–H and O–H groups in total. The number of hydrogen-bond acceptors (Lipinski definition) is 3. The quantitative estimate of drug-likeness (QED) is 0.550. The monoisotopic (exact) mass is 458 g/mol. The summed E-state index contributed by atoms with van der Waals surface area (Å²) in [5.41, 5.74) is 3.27. The molecule has 3 rings (SSSR count). The molecule has 0 heterocycles. The fraction of sp³-hybridized carbons (Fsp3) is 0.440. The van der Waals surface area contributed by atoms with Gasteiger partial charge in [-0.25, -0.2) is 0 Å². The number of nitrogens with zero attached hydrogens (tertiary/aromatic N) is 1. The normalized spacial score (nSPS) is 14.9. The smallest absolute Gasteiger partial charge is 0.242 e. The Labute approximate surface area is 194 Å². The maximum absolute atomic E-state index is 13.2. The highest BCUT2D eigenvalue weighted by Crippen LogP contribution is 2.21. The number of carbonyl (C=O) groups excluding carboxylic acids is 2. The third-order valence-corrected chi connectivity index (χ3v) is 7.08. The molecule has 1 saturated carbocycles. The fourth-order valence-corrected chi connectivity index (χ4v) is 4.98. The van der Waals surface area contributed by atoms with Crippen LogP contribution in [0.4, 0.5) is 0 Å². The average molecular weight is 459 g/mol. The molecule has 0 aliphatic heterocycles. The number of nitrogens with one attached hydrogen (secondary N) is 1. The average Bonchev–Trinajstić information content (AvgIpc) is 3.25. The van der Waals surface area contributed by atoms with Gasteiger partial charge in [0, 0.05) is 23.4 Å². The van der Waals surface area contributed by atoms with E-state index in [4.69, 9.17) is 11.6 Å². The lowest BCUT2D eigenvalue weighted by Gasteiger charge is -2.30. The van der Waals surface area contributed by atoms with Gasteiger partial charge in [-0.15, -0.1) is 11.8 Å². The number of thioether (sulfide) groups is 1. The van der Waals surface area contributed by atoms with Crippen LogP contribution in [-0.2, 0) is 21.9 Å². The lowest BCUT2D eigenvalue weighted by atomic mass is 10.1. The predicted octanol–water partition coefficient (Wildman–Crippen LogP) is 5.36. The van der Waals surface area contributed by atoms with Crippen molar-refractivity contribution < 1.29 is 9.59 Å². The van der Waals surface area contributed by atoms with Gasteiger partial charge in [-0.2, -0.15) is 0 Å². The van der Waals surface area contributed by atoms with Gasteiger partial charge in [0.25, 0.3) is 0 Å². The Kier molecular flexibility index (Phi) is 8.85. The van der Waals surface area contributed by atoms with Crippen molar-refractivity contribution in [2.45, 2.75) is 63.9 Å². The number of halogens is 1. The molecule has 2 aromatic carbocycles. The van der Waals surface area contributed by atoms with Crippen molar-refractivity contribution in [2.24, 2.45) is 0 Å². The molecule has 0 radical (unpaired) electrons. The maximum atomic E-state index is 13.2. The van der Waals surface area contributed by atoms with E-state index in [1.165, 1.54) is 0 Å². The minimum Gasteiger partial charge on any atom is -0.352 e. The Hall–Kier alpha value is -1.98. The van der Waals surface area contributed by atoms with Gasteiger partial charge in [0.2, 0.25) is 11.8 Å². The number of rotatable bonds is 9. The Morgan fingerprint density at radius 1 is 1.16 bits per heavy atom. The first-order valence-corrected chi connectivity index (χ1v) is 12.4. The summed E-state index contributed by atoms with van der Waals surface area (Å²) in [6.07, 6.45) is 4.37. The van der Waals surface area contributed by atoms with E-state index in [9.17, 15) is 9.59 Å². The highest BCUT2D eigenvalue weighted by Gasteiger charge is 2.28. The van der Waals surface area contributed by atoms with E-state index in [0.29, 0.717) is 23.1 Å². The second-order valence-electron chi connectivity index (χ2n) is 8.24. The summed E-state index contributed by atoms with van der Waals surface area (Å²) in [5, 5.41) is 3.85. The standard InChI is InChI=1S/C25H31ClN2O2S/c1-18-8-3-4-10-21(18)15-28(19(2)25(30)27-23-12-5-6-13-23)24(29)17-31-16-20-9-7-11-22(26)14-20/h3-4,7-11,14,19,23H,5-6,12-13,15-17H2,1-2H3,(H,27,30)/t19-/m0/s1. The van der Waals surface area contributed by atoms with Crippen molar-refractivity contribution in [1.29, 1.82) is 0 Å². The van der Waals surface area contributed by atoms with Gasteiger partial charge in [0.15, 0.2) is 0 Å². The van der Waals surface area contributed by atoms with Crippen LogP contribution in [0.15, 0.2) is 48.5 Å². The summed E-state index contributed by atoms with van der Waals surface area (Å²) >= 11 is 7.61. The second-order valence-corrected chi connectivity index (χ2v) is 9.66. The van der Waals surface area contributed by atoms with E-state index in [-0.39, 0.29) is 17.9 Å². The minimum absolute atomic E-state index is 0.0237. The maximum Gasteiger partial charge on any atom is 0.242 e. The lowest BCUT2D eigenvalue weighted by molar-refractivity contribution is -0.139. The van der Waals surface area contributed by atoms with Crippen LogP contribution in [0.25, 0.3) is 0 Å². The predicted molar refractivity (Wildman–Crippen MR) is 129 cm³/mol. The molecule has 0 aromatic heterocycles. The Balaban J connectivity index is 1.66. The molecule has 2 aromatic rings. The first-order chi connectivity index (χ1) is 14.9. The molecular weight excluding hydrogens is 428 g/mol. The molecule has 0 spiro atoms. The highest BCUT2D eigenvalue weighted by molar-refractivity contribution is 7.99. The topological polar surface area (TPSA) is 49.4 Å². The van der Waals surface area contributed by atoms with Crippen LogP contribution in [-0.4, -0.2) is 34.6 Å². The van der Waals surface area contributed by atoms with Gasteiger partial charge in [-0.3, -0.25) is 9.59 Å². The van der Waals surface area contributed by atoms with Crippen molar-refractivity contribution >= 4 is 35.2 Å². The zero-order valence-electron chi connectivity index (χ0n) is 18.3. The van der Waals surface area contributed by atoms with Crippen LogP contribution >= 0.6 is 23.4 Å². The van der Waals surface area contributed by atoms with Crippen LogP contribution in [0.5, 0.6) is 0 Å². The van der Waals surface area contributed by atoms with E-state index < -0.39 is 6.04 Å². The third-order valence-electron chi connectivity index (χ3n) is 5.85. The summed E-state index contributed by atoms with van der Waals surface area (Å²) in [6, 6.07) is 15.4. The van der Waals surface area contributed by atoms with Crippen LogP contribution in [0.1, 0.15) is 49.3 Å². The van der Waals surface area contributed by atoms with E-state index >= 15 is 0 Å². The lowest BCUT2D eigenvalue weighted by Crippen LogP contribution is -2.50. The van der Waals surface area contributed by atoms with Crippen LogP contribution in [0, 0.1) is 6.92 Å². The Morgan fingerprint density at radius 3 is 2.61 bits per heavy atom. The van der Waals surface area contributed by atoms with Gasteiger partial charge >= 0.3 is 0 Å². The Morgan fingerprint density at radius 2 is 1.90 bits per heavy atom. The molecule has 4 nitrogen and oxygen atoms in total. The number of amides is 2. The molecule has 31 heavy (non-hydrogen) atoms. The van der Waals surface area contributed by atoms with Gasteiger partial charge in [-0.05, 0) is 55.5 Å². The number of aryl methyl sites for hydroxylation is 1. The molecule has 166 valence electrons. The molecular formula is C25H31ClN2O2S. The highest BCUT2D eigenvalue weighted by atomic mass is 35.5. The summed E-state index contributed by atoms with van der Waals surface area (Å²) in [7, 11) is 0. The van der Waals surface area contributed by atoms with Crippen molar-refractivity contribution in [3.05, 3.63) is 70.2 Å². The van der Waals surface area contributed by atoms with Gasteiger partial charge in [-0.1, -0.05) is 60.8 Å². The molecule has 0 unspecified atom stereocenters. The largest absolute Gasteiger partial charge is 0.352 e. The molecule has 2 amide bonds. The van der Waals surface area contributed by atoms with Crippen molar-refractivity contribution in [1.82, 2.24) is 10.2 Å². The van der Waals surface area contributed by atoms with Crippen LogP contribution < -0.4 is 5.32 Å². The van der Waals surface area contributed by atoms with Gasteiger partial charge in [0.05, 0.1) is 5.75 Å². The second kappa shape index (κ2) is 11.6. The summed E-state index contributed by atoms with van der Waals surface area (Å²) < 4.78 is 0. The zero-order chi connectivity index (χ0) is 22.2. The number of carbonyl (C=O) groups is 2. The fourth-order valence-electron chi connectivity index (χ4n) is 3.91. The van der Waals surface area contributed by atoms with Gasteiger partial charge in [0.1, 0.15) is 6.04 Å². The molecule has 1 aliphatic carbocycles. The Bertz CT molecular complexity index is 899. The first-order valence-electron chi connectivity index (χ1n) is 10.9. The zero-order valence-corrected chi connectivity index (χ0v) is 19.8. The molecule has 1 aliphatic rings. The molecule has 1 fully saturated rings. The van der Waals surface area contributed by atoms with E-state index in [0.717, 1.165) is 42.4 Å². The third kappa shape index (κ3) is 7.01. The summed E-state index contributed by atoms with van der Waals surface area (Å²) in [6.45, 7) is 4.31. The van der Waals surface area contributed by atoms with Crippen molar-refractivity contribution in [3.8, 4) is 0 Å². The van der Waals surface area contributed by atoms with Crippen molar-refractivity contribution in [3.63, 3.8) is 0 Å². The van der Waals surface area contributed by atoms with Gasteiger partial charge < -0.3 is 10.2 Å². The minimum atomic E-state index is -0.514. The van der Waals surface area contributed by atoms with Crippen LogP contribution in [0.3, 0.4) is 0 Å². The summed E-state index contributed by atoms with van der Waals surface area (Å²) in [5.74, 6) is 0.935. The van der Waals surface area contributed by atoms with Crippen molar-refractivity contribution in [2.75, 3.05) is 5.75 Å². The van der Waals surface area contributed by atoms with E-state index in [1.807, 2.05) is 62.4 Å². The van der Waals surface area contributed by atoms with E-state index in [1.54, 1.807) is 16.7 Å². The van der Waals surface area contributed by atoms with E-state index in [2.05, 4.69) is 5.32 Å². The SMILES string of the molecule is Cc1ccccc1CN(C(=O)CSCc1cccc(Cl)c1)[C@@H](C)C(=O)NC1CCCC1.